The first-order valence-electron chi connectivity index (χ1n) is 10.9. The molecule has 3 aliphatic rings. The lowest BCUT2D eigenvalue weighted by molar-refractivity contribution is -0.131. The largest absolute Gasteiger partial charge is 0.396 e. The second-order valence-corrected chi connectivity index (χ2v) is 10.1. The van der Waals surface area contributed by atoms with Crippen molar-refractivity contribution in [2.75, 3.05) is 26.3 Å². The van der Waals surface area contributed by atoms with Gasteiger partial charge in [0, 0.05) is 29.6 Å². The van der Waals surface area contributed by atoms with Crippen molar-refractivity contribution < 1.29 is 15.0 Å². The van der Waals surface area contributed by atoms with Crippen LogP contribution in [-0.2, 0) is 17.9 Å². The fourth-order valence-corrected chi connectivity index (χ4v) is 5.29. The molecule has 2 aliphatic heterocycles. The molecule has 1 spiro atoms. The van der Waals surface area contributed by atoms with Crippen LogP contribution in [0.2, 0.25) is 0 Å². The molecule has 4 rings (SSSR count). The molecule has 2 unspecified atom stereocenters. The van der Waals surface area contributed by atoms with Crippen molar-refractivity contribution >= 4 is 5.91 Å². The van der Waals surface area contributed by atoms with Crippen LogP contribution in [0.5, 0.6) is 0 Å². The van der Waals surface area contributed by atoms with E-state index in [1.807, 2.05) is 19.3 Å². The number of aromatic nitrogens is 2. The van der Waals surface area contributed by atoms with Gasteiger partial charge in [-0.1, -0.05) is 30.7 Å². The minimum absolute atomic E-state index is 0.0852. The van der Waals surface area contributed by atoms with Crippen LogP contribution in [0.1, 0.15) is 39.2 Å². The number of nitrogens with one attached hydrogen (secondary N) is 1. The molecule has 1 aromatic heterocycles. The summed E-state index contributed by atoms with van der Waals surface area (Å²) < 4.78 is 1.80. The Morgan fingerprint density at radius 1 is 1.30 bits per heavy atom. The molecule has 2 saturated heterocycles. The summed E-state index contributed by atoms with van der Waals surface area (Å²) in [5.41, 5.74) is 1.18. The second-order valence-electron chi connectivity index (χ2n) is 10.1. The third-order valence-corrected chi connectivity index (χ3v) is 7.35. The monoisotopic (exact) mass is 414 g/mol. The van der Waals surface area contributed by atoms with Crippen LogP contribution in [0.3, 0.4) is 0 Å². The quantitative estimate of drug-likeness (QED) is 0.656. The first kappa shape index (κ1) is 21.3. The van der Waals surface area contributed by atoms with E-state index in [0.717, 1.165) is 38.0 Å². The Balaban J connectivity index is 1.40. The van der Waals surface area contributed by atoms with E-state index in [1.54, 1.807) is 4.68 Å². The molecule has 0 bridgehead atoms. The van der Waals surface area contributed by atoms with Crippen molar-refractivity contribution in [3.8, 4) is 0 Å². The number of nitrogens with zero attached hydrogens (tertiary/aromatic N) is 3. The SMILES string of the molecule is CC1=CC2C(C)(C=C1)NC(=O)C21CCN(Cc2cnn(CC(C)(CO)CO)c2)CC1. The lowest BCUT2D eigenvalue weighted by atomic mass is 9.63. The van der Waals surface area contributed by atoms with E-state index in [9.17, 15) is 15.0 Å². The summed E-state index contributed by atoms with van der Waals surface area (Å²) in [7, 11) is 0. The van der Waals surface area contributed by atoms with E-state index >= 15 is 0 Å². The number of allylic oxidation sites excluding steroid dienone is 2. The Kier molecular flexibility index (Phi) is 5.41. The molecule has 2 atom stereocenters. The van der Waals surface area contributed by atoms with Crippen LogP contribution in [0.4, 0.5) is 0 Å². The third-order valence-electron chi connectivity index (χ3n) is 7.35. The van der Waals surface area contributed by atoms with Crippen molar-refractivity contribution in [1.29, 1.82) is 0 Å². The Morgan fingerprint density at radius 2 is 2.00 bits per heavy atom. The minimum atomic E-state index is -0.580. The van der Waals surface area contributed by atoms with Crippen molar-refractivity contribution in [1.82, 2.24) is 20.0 Å². The highest BCUT2D eigenvalue weighted by molar-refractivity contribution is 5.88. The zero-order chi connectivity index (χ0) is 21.6. The van der Waals surface area contributed by atoms with E-state index in [2.05, 4.69) is 47.4 Å². The molecule has 0 radical (unpaired) electrons. The van der Waals surface area contributed by atoms with Crippen molar-refractivity contribution in [3.63, 3.8) is 0 Å². The lowest BCUT2D eigenvalue weighted by Gasteiger charge is -2.43. The maximum atomic E-state index is 13.0. The van der Waals surface area contributed by atoms with Gasteiger partial charge in [0.2, 0.25) is 5.91 Å². The van der Waals surface area contributed by atoms with E-state index in [-0.39, 0.29) is 36.0 Å². The van der Waals surface area contributed by atoms with Crippen LogP contribution in [0.15, 0.2) is 36.2 Å². The number of carbonyl (C=O) groups is 1. The first-order valence-corrected chi connectivity index (χ1v) is 10.9. The summed E-state index contributed by atoms with van der Waals surface area (Å²) in [5.74, 6) is 0.410. The van der Waals surface area contributed by atoms with Crippen molar-refractivity contribution in [2.45, 2.75) is 52.2 Å². The predicted octanol–water partition coefficient (Wildman–Crippen LogP) is 1.48. The van der Waals surface area contributed by atoms with E-state index < -0.39 is 5.41 Å². The summed E-state index contributed by atoms with van der Waals surface area (Å²) in [6, 6.07) is 0. The minimum Gasteiger partial charge on any atom is -0.396 e. The maximum absolute atomic E-state index is 13.0. The number of aliphatic hydroxyl groups is 2. The van der Waals surface area contributed by atoms with Gasteiger partial charge in [0.1, 0.15) is 0 Å². The van der Waals surface area contributed by atoms with Gasteiger partial charge in [-0.3, -0.25) is 14.4 Å². The number of rotatable bonds is 6. The van der Waals surface area contributed by atoms with Crippen LogP contribution in [-0.4, -0.2) is 62.6 Å². The highest BCUT2D eigenvalue weighted by atomic mass is 16.3. The molecule has 7 heteroatoms. The summed E-state index contributed by atoms with van der Waals surface area (Å²) in [6.45, 7) is 8.95. The van der Waals surface area contributed by atoms with E-state index in [1.165, 1.54) is 5.57 Å². The average Bonchev–Trinajstić information content (AvgIpc) is 3.24. The topological polar surface area (TPSA) is 90.6 Å². The molecule has 3 heterocycles. The summed E-state index contributed by atoms with van der Waals surface area (Å²) in [6.07, 6.45) is 12.1. The van der Waals surface area contributed by atoms with Gasteiger partial charge in [0.05, 0.1) is 36.9 Å². The molecule has 30 heavy (non-hydrogen) atoms. The molecule has 1 aliphatic carbocycles. The number of piperidine rings is 1. The number of amides is 1. The van der Waals surface area contributed by atoms with Gasteiger partial charge >= 0.3 is 0 Å². The lowest BCUT2D eigenvalue weighted by Crippen LogP contribution is -2.47. The molecular weight excluding hydrogens is 380 g/mol. The number of hydrogen-bond donors (Lipinski definition) is 3. The van der Waals surface area contributed by atoms with Crippen molar-refractivity contribution in [2.24, 2.45) is 16.7 Å². The van der Waals surface area contributed by atoms with Crippen molar-refractivity contribution in [3.05, 3.63) is 41.8 Å². The summed E-state index contributed by atoms with van der Waals surface area (Å²) >= 11 is 0. The van der Waals surface area contributed by atoms with Gasteiger partial charge in [-0.2, -0.15) is 5.10 Å². The maximum Gasteiger partial charge on any atom is 0.227 e. The fraction of sp³-hybridized carbons (Fsp3) is 0.652. The Morgan fingerprint density at radius 3 is 2.67 bits per heavy atom. The molecule has 0 saturated carbocycles. The van der Waals surface area contributed by atoms with Crippen LogP contribution < -0.4 is 5.32 Å². The molecule has 1 amide bonds. The fourth-order valence-electron chi connectivity index (χ4n) is 5.29. The van der Waals surface area contributed by atoms with Gasteiger partial charge in [-0.05, 0) is 39.8 Å². The Labute approximate surface area is 178 Å². The molecular formula is C23H34N4O3. The van der Waals surface area contributed by atoms with Crippen LogP contribution in [0.25, 0.3) is 0 Å². The van der Waals surface area contributed by atoms with E-state index in [4.69, 9.17) is 0 Å². The first-order chi connectivity index (χ1) is 14.2. The molecule has 3 N–H and O–H groups in total. The van der Waals surface area contributed by atoms with Gasteiger partial charge in [-0.15, -0.1) is 0 Å². The zero-order valence-corrected chi connectivity index (χ0v) is 18.3. The van der Waals surface area contributed by atoms with Crippen LogP contribution >= 0.6 is 0 Å². The number of hydrogen-bond acceptors (Lipinski definition) is 5. The van der Waals surface area contributed by atoms with E-state index in [0.29, 0.717) is 6.54 Å². The molecule has 0 aromatic carbocycles. The predicted molar refractivity (Wildman–Crippen MR) is 114 cm³/mol. The highest BCUT2D eigenvalue weighted by Gasteiger charge is 2.59. The Hall–Kier alpha value is -1.96. The van der Waals surface area contributed by atoms with Gasteiger partial charge in [0.15, 0.2) is 0 Å². The van der Waals surface area contributed by atoms with Gasteiger partial charge in [0.25, 0.3) is 0 Å². The highest BCUT2D eigenvalue weighted by Crippen LogP contribution is 2.51. The third kappa shape index (κ3) is 3.63. The average molecular weight is 415 g/mol. The number of aliphatic hydroxyl groups excluding tert-OH is 2. The van der Waals surface area contributed by atoms with Crippen LogP contribution in [0, 0.1) is 16.7 Å². The van der Waals surface area contributed by atoms with Gasteiger partial charge in [-0.25, -0.2) is 0 Å². The number of fused-ring (bicyclic) bond motifs is 2. The summed E-state index contributed by atoms with van der Waals surface area (Å²) in [4.78, 5) is 15.4. The van der Waals surface area contributed by atoms with Gasteiger partial charge < -0.3 is 15.5 Å². The molecule has 2 fully saturated rings. The molecule has 164 valence electrons. The Bertz CT molecular complexity index is 862. The number of likely N-dealkylation sites (tertiary alicyclic amines) is 1. The molecule has 1 aromatic rings. The second kappa shape index (κ2) is 7.62. The summed E-state index contributed by atoms with van der Waals surface area (Å²) in [5, 5.41) is 26.7. The zero-order valence-electron chi connectivity index (χ0n) is 18.3. The standard InChI is InChI=1S/C23H34N4O3/c1-17-4-5-22(3)19(10-17)23(20(30)25-22)6-8-26(9-7-23)12-18-11-24-27(13-18)14-21(2,15-28)16-29/h4-5,10-11,13,19,28-29H,6-9,12,14-16H2,1-3H3,(H,25,30). The smallest absolute Gasteiger partial charge is 0.227 e. The molecule has 7 nitrogen and oxygen atoms in total. The number of carbonyl (C=O) groups excluding carboxylic acids is 1. The normalized spacial score (nSPS) is 28.5.